The molecule has 1 aliphatic rings. The standard InChI is InChI=1S/C39H24N2O2/c40-23-30-9-3-26(4-10-30)1-7-28-13-17-34-32(21-28)15-19-36-38(34)39-35-18-14-29(8-2-27-5-11-31(24-41)12-6-27)22-33(35)16-20-37(39)43-25-42-36/h1-22H,25H2/b7-1-,8-2-. The summed E-state index contributed by atoms with van der Waals surface area (Å²) in [5.41, 5.74) is 7.60. The lowest BCUT2D eigenvalue weighted by atomic mass is 9.91. The third-order valence-corrected chi connectivity index (χ3v) is 7.71. The van der Waals surface area contributed by atoms with Gasteiger partial charge in [0.25, 0.3) is 0 Å². The van der Waals surface area contributed by atoms with Crippen molar-refractivity contribution >= 4 is 45.8 Å². The molecule has 0 aliphatic carbocycles. The largest absolute Gasteiger partial charge is 0.457 e. The Bertz CT molecular complexity index is 2000. The van der Waals surface area contributed by atoms with E-state index < -0.39 is 0 Å². The van der Waals surface area contributed by atoms with E-state index in [1.807, 2.05) is 60.7 Å². The van der Waals surface area contributed by atoms with Crippen LogP contribution in [0.15, 0.2) is 109 Å². The van der Waals surface area contributed by atoms with Crippen molar-refractivity contribution in [2.24, 2.45) is 0 Å². The van der Waals surface area contributed by atoms with Gasteiger partial charge < -0.3 is 9.47 Å². The number of hydrogen-bond donors (Lipinski definition) is 0. The number of ether oxygens (including phenoxy) is 2. The van der Waals surface area contributed by atoms with Crippen LogP contribution >= 0.6 is 0 Å². The summed E-state index contributed by atoms with van der Waals surface area (Å²) < 4.78 is 12.2. The first-order chi connectivity index (χ1) is 21.2. The van der Waals surface area contributed by atoms with Gasteiger partial charge in [0, 0.05) is 11.1 Å². The highest BCUT2D eigenvalue weighted by molar-refractivity contribution is 6.10. The van der Waals surface area contributed by atoms with Gasteiger partial charge in [-0.2, -0.15) is 10.5 Å². The summed E-state index contributed by atoms with van der Waals surface area (Å²) in [6.45, 7) is 0.147. The topological polar surface area (TPSA) is 66.0 Å². The molecular formula is C39H24N2O2. The second-order valence-electron chi connectivity index (χ2n) is 10.4. The monoisotopic (exact) mass is 552 g/mol. The zero-order chi connectivity index (χ0) is 29.2. The molecular weight excluding hydrogens is 528 g/mol. The van der Waals surface area contributed by atoms with Crippen molar-refractivity contribution in [3.8, 4) is 34.8 Å². The molecule has 6 aromatic carbocycles. The molecule has 0 saturated carbocycles. The molecule has 4 heteroatoms. The lowest BCUT2D eigenvalue weighted by Crippen LogP contribution is -2.03. The lowest BCUT2D eigenvalue weighted by Gasteiger charge is -2.14. The molecule has 1 aliphatic heterocycles. The van der Waals surface area contributed by atoms with E-state index >= 15 is 0 Å². The second-order valence-corrected chi connectivity index (χ2v) is 10.4. The molecule has 0 unspecified atom stereocenters. The van der Waals surface area contributed by atoms with Crippen LogP contribution in [-0.2, 0) is 0 Å². The van der Waals surface area contributed by atoms with E-state index in [2.05, 4.69) is 85.0 Å². The molecule has 0 aromatic heterocycles. The Labute approximate surface area is 249 Å². The predicted molar refractivity (Wildman–Crippen MR) is 173 cm³/mol. The molecule has 0 radical (unpaired) electrons. The molecule has 7 rings (SSSR count). The van der Waals surface area contributed by atoms with Crippen LogP contribution in [0.5, 0.6) is 11.5 Å². The maximum Gasteiger partial charge on any atom is 0.230 e. The Hall–Kier alpha value is -6.10. The van der Waals surface area contributed by atoms with Gasteiger partial charge in [0.15, 0.2) is 0 Å². The molecule has 0 saturated heterocycles. The molecule has 202 valence electrons. The van der Waals surface area contributed by atoms with Crippen LogP contribution in [0, 0.1) is 22.7 Å². The van der Waals surface area contributed by atoms with Crippen molar-refractivity contribution in [3.05, 3.63) is 143 Å². The van der Waals surface area contributed by atoms with Gasteiger partial charge in [-0.25, -0.2) is 0 Å². The van der Waals surface area contributed by atoms with Gasteiger partial charge in [-0.05, 0) is 92.3 Å². The minimum atomic E-state index is 0.147. The zero-order valence-corrected chi connectivity index (χ0v) is 23.1. The van der Waals surface area contributed by atoms with Gasteiger partial charge in [0.1, 0.15) is 11.5 Å². The summed E-state index contributed by atoms with van der Waals surface area (Å²) in [5, 5.41) is 22.5. The molecule has 0 N–H and O–H groups in total. The van der Waals surface area contributed by atoms with Crippen molar-refractivity contribution in [1.29, 1.82) is 10.5 Å². The number of hydrogen-bond acceptors (Lipinski definition) is 4. The second kappa shape index (κ2) is 11.1. The molecule has 43 heavy (non-hydrogen) atoms. The van der Waals surface area contributed by atoms with E-state index in [1.54, 1.807) is 0 Å². The zero-order valence-electron chi connectivity index (χ0n) is 23.1. The highest BCUT2D eigenvalue weighted by atomic mass is 16.7. The van der Waals surface area contributed by atoms with E-state index in [0.29, 0.717) is 11.1 Å². The minimum Gasteiger partial charge on any atom is -0.457 e. The van der Waals surface area contributed by atoms with E-state index in [4.69, 9.17) is 20.0 Å². The normalized spacial score (nSPS) is 12.2. The molecule has 0 atom stereocenters. The SMILES string of the molecule is N#Cc1ccc(/C=C\c2ccc3c4c(ccc3c2)OCOc2ccc3cc(/C=C\c5ccc(C#N)cc5)ccc3c2-4)cc1. The van der Waals surface area contributed by atoms with Gasteiger partial charge >= 0.3 is 0 Å². The Kier molecular flexibility index (Phi) is 6.64. The van der Waals surface area contributed by atoms with Crippen LogP contribution in [0.2, 0.25) is 0 Å². The van der Waals surface area contributed by atoms with Crippen LogP contribution in [0.1, 0.15) is 33.4 Å². The Morgan fingerprint density at radius 3 is 1.28 bits per heavy atom. The third kappa shape index (κ3) is 5.10. The van der Waals surface area contributed by atoms with E-state index in [9.17, 15) is 0 Å². The van der Waals surface area contributed by atoms with Crippen LogP contribution in [0.3, 0.4) is 0 Å². The minimum absolute atomic E-state index is 0.147. The maximum absolute atomic E-state index is 9.05. The van der Waals surface area contributed by atoms with Crippen LogP contribution in [0.4, 0.5) is 0 Å². The number of benzene rings is 6. The highest BCUT2D eigenvalue weighted by Gasteiger charge is 2.22. The quantitative estimate of drug-likeness (QED) is 0.204. The number of rotatable bonds is 4. The van der Waals surface area contributed by atoms with E-state index in [1.165, 1.54) is 0 Å². The fourth-order valence-electron chi connectivity index (χ4n) is 5.50. The van der Waals surface area contributed by atoms with Crippen molar-refractivity contribution in [2.45, 2.75) is 0 Å². The average Bonchev–Trinajstić information content (AvgIpc) is 3.26. The van der Waals surface area contributed by atoms with Crippen molar-refractivity contribution < 1.29 is 9.47 Å². The summed E-state index contributed by atoms with van der Waals surface area (Å²) in [7, 11) is 0. The molecule has 0 fully saturated rings. The molecule has 1 heterocycles. The lowest BCUT2D eigenvalue weighted by molar-refractivity contribution is 0.125. The van der Waals surface area contributed by atoms with Crippen molar-refractivity contribution in [2.75, 3.05) is 6.79 Å². The number of nitriles is 2. The van der Waals surface area contributed by atoms with Gasteiger partial charge in [-0.1, -0.05) is 85.0 Å². The van der Waals surface area contributed by atoms with E-state index in [-0.39, 0.29) is 6.79 Å². The average molecular weight is 553 g/mol. The Morgan fingerprint density at radius 2 is 0.860 bits per heavy atom. The summed E-state index contributed by atoms with van der Waals surface area (Å²) >= 11 is 0. The van der Waals surface area contributed by atoms with Crippen LogP contribution in [0.25, 0.3) is 57.0 Å². The third-order valence-electron chi connectivity index (χ3n) is 7.71. The van der Waals surface area contributed by atoms with Crippen LogP contribution < -0.4 is 9.47 Å². The van der Waals surface area contributed by atoms with Crippen molar-refractivity contribution in [1.82, 2.24) is 0 Å². The van der Waals surface area contributed by atoms with Gasteiger partial charge in [-0.15, -0.1) is 0 Å². The Morgan fingerprint density at radius 1 is 0.465 bits per heavy atom. The number of fused-ring (bicyclic) bond motifs is 7. The summed E-state index contributed by atoms with van der Waals surface area (Å²) in [4.78, 5) is 0. The van der Waals surface area contributed by atoms with Gasteiger partial charge in [-0.3, -0.25) is 0 Å². The summed E-state index contributed by atoms with van der Waals surface area (Å²) in [6.07, 6.45) is 8.28. The Balaban J connectivity index is 1.27. The van der Waals surface area contributed by atoms with Gasteiger partial charge in [0.05, 0.1) is 23.3 Å². The smallest absolute Gasteiger partial charge is 0.230 e. The van der Waals surface area contributed by atoms with Crippen molar-refractivity contribution in [3.63, 3.8) is 0 Å². The first-order valence-electron chi connectivity index (χ1n) is 13.9. The van der Waals surface area contributed by atoms with E-state index in [0.717, 1.165) is 66.4 Å². The van der Waals surface area contributed by atoms with Crippen LogP contribution in [-0.4, -0.2) is 6.79 Å². The fourth-order valence-corrected chi connectivity index (χ4v) is 5.50. The molecule has 4 nitrogen and oxygen atoms in total. The first kappa shape index (κ1) is 25.8. The highest BCUT2D eigenvalue weighted by Crippen LogP contribution is 2.47. The first-order valence-corrected chi connectivity index (χ1v) is 13.9. The number of nitrogens with zero attached hydrogens (tertiary/aromatic N) is 2. The molecule has 0 bridgehead atoms. The summed E-state index contributed by atoms with van der Waals surface area (Å²) in [6, 6.07) is 40.5. The molecule has 6 aromatic rings. The maximum atomic E-state index is 9.05. The fraction of sp³-hybridized carbons (Fsp3) is 0.0256. The predicted octanol–water partition coefficient (Wildman–Crippen LogP) is 9.47. The summed E-state index contributed by atoms with van der Waals surface area (Å²) in [5.74, 6) is 1.59. The molecule has 0 spiro atoms. The molecule has 0 amide bonds. The van der Waals surface area contributed by atoms with Gasteiger partial charge in [0.2, 0.25) is 6.79 Å².